The van der Waals surface area contributed by atoms with E-state index in [0.717, 1.165) is 77.0 Å². The summed E-state index contributed by atoms with van der Waals surface area (Å²) in [6, 6.07) is 0. The highest BCUT2D eigenvalue weighted by Gasteiger charge is 2.25. The van der Waals surface area contributed by atoms with Crippen molar-refractivity contribution in [1.82, 2.24) is 0 Å². The molecular weight excluding hydrogens is 786 g/mol. The summed E-state index contributed by atoms with van der Waals surface area (Å²) in [6.45, 7) is 3.50. The maximum absolute atomic E-state index is 12.6. The molecule has 61 heavy (non-hydrogen) atoms. The smallest absolute Gasteiger partial charge is 0.462 e. The molecular formula is C51H84NO8P. The minimum atomic E-state index is -4.41. The Morgan fingerprint density at radius 2 is 0.918 bits per heavy atom. The number of unbranched alkanes of at least 4 members (excludes halogenated alkanes) is 11. The highest BCUT2D eigenvalue weighted by Crippen LogP contribution is 2.43. The van der Waals surface area contributed by atoms with Crippen molar-refractivity contribution in [2.45, 2.75) is 174 Å². The van der Waals surface area contributed by atoms with Crippen molar-refractivity contribution in [2.75, 3.05) is 26.4 Å². The van der Waals surface area contributed by atoms with Crippen LogP contribution in [0.5, 0.6) is 0 Å². The van der Waals surface area contributed by atoms with Crippen molar-refractivity contribution >= 4 is 19.8 Å². The zero-order chi connectivity index (χ0) is 44.6. The summed E-state index contributed by atoms with van der Waals surface area (Å²) < 4.78 is 32.8. The van der Waals surface area contributed by atoms with Crippen LogP contribution in [0.25, 0.3) is 0 Å². The molecule has 0 amide bonds. The Labute approximate surface area is 371 Å². The van der Waals surface area contributed by atoms with E-state index < -0.39 is 32.5 Å². The lowest BCUT2D eigenvalue weighted by atomic mass is 10.1. The molecule has 0 radical (unpaired) electrons. The first kappa shape index (κ1) is 57.7. The van der Waals surface area contributed by atoms with E-state index in [9.17, 15) is 19.0 Å². The Bertz CT molecular complexity index is 1360. The van der Waals surface area contributed by atoms with E-state index in [-0.39, 0.29) is 32.6 Å². The van der Waals surface area contributed by atoms with Crippen LogP contribution >= 0.6 is 7.82 Å². The molecule has 0 heterocycles. The zero-order valence-electron chi connectivity index (χ0n) is 38.1. The summed E-state index contributed by atoms with van der Waals surface area (Å²) >= 11 is 0. The molecule has 0 aliphatic carbocycles. The van der Waals surface area contributed by atoms with Crippen LogP contribution in [0, 0.1) is 0 Å². The molecule has 10 heteroatoms. The van der Waals surface area contributed by atoms with Gasteiger partial charge in [-0.1, -0.05) is 168 Å². The van der Waals surface area contributed by atoms with Gasteiger partial charge in [-0.3, -0.25) is 18.6 Å². The molecule has 9 nitrogen and oxygen atoms in total. The van der Waals surface area contributed by atoms with E-state index >= 15 is 0 Å². The van der Waals surface area contributed by atoms with Gasteiger partial charge < -0.3 is 20.1 Å². The Balaban J connectivity index is 4.27. The standard InChI is InChI=1S/C51H84NO8P/c1-3-5-7-9-11-13-15-17-19-21-22-23-24-25-26-28-30-32-34-36-38-40-42-44-51(54)60-49(48-59-61(55,56)58-46-45-52)47-57-50(53)43-41-39-37-35-33-31-29-27-20-18-16-14-12-10-8-6-4-2/h5,7,11-14,17-20,22-23,25-26,30,32,36,38,49H,3-4,6,8-10,15-16,21,24,27-29,31,33-35,37,39-48,52H2,1-2H3,(H,55,56)/b7-5-,13-11-,14-12-,19-17-,20-18-,23-22-,26-25-,32-30-,38-36-. The van der Waals surface area contributed by atoms with Gasteiger partial charge in [-0.15, -0.1) is 0 Å². The van der Waals surface area contributed by atoms with Gasteiger partial charge in [-0.25, -0.2) is 4.57 Å². The average molecular weight is 870 g/mol. The van der Waals surface area contributed by atoms with Gasteiger partial charge in [0, 0.05) is 19.4 Å². The summed E-state index contributed by atoms with van der Waals surface area (Å²) in [4.78, 5) is 34.9. The van der Waals surface area contributed by atoms with Gasteiger partial charge in [-0.05, 0) is 96.3 Å². The van der Waals surface area contributed by atoms with E-state index in [4.69, 9.17) is 24.3 Å². The van der Waals surface area contributed by atoms with Crippen LogP contribution in [0.3, 0.4) is 0 Å². The van der Waals surface area contributed by atoms with Crippen molar-refractivity contribution in [1.29, 1.82) is 0 Å². The molecule has 0 rings (SSSR count). The summed E-state index contributed by atoms with van der Waals surface area (Å²) in [5.74, 6) is -0.917. The number of rotatable bonds is 42. The zero-order valence-corrected chi connectivity index (χ0v) is 39.0. The SMILES string of the molecule is CC/C=C\C/C=C\C/C=C\C/C=C\C/C=C\C/C=C\C/C=C\CCCC(=O)OC(COC(=O)CCCCCCCCC/C=C\C/C=C\CCCCC)COP(=O)(O)OCCN. The van der Waals surface area contributed by atoms with Crippen LogP contribution in [0.2, 0.25) is 0 Å². The second-order valence-electron chi connectivity index (χ2n) is 14.9. The predicted molar refractivity (Wildman–Crippen MR) is 256 cm³/mol. The number of hydrogen-bond donors (Lipinski definition) is 2. The molecule has 0 spiro atoms. The number of phosphoric acid groups is 1. The van der Waals surface area contributed by atoms with E-state index in [0.29, 0.717) is 19.3 Å². The van der Waals surface area contributed by atoms with Crippen LogP contribution in [-0.2, 0) is 32.7 Å². The lowest BCUT2D eigenvalue weighted by molar-refractivity contribution is -0.161. The highest BCUT2D eigenvalue weighted by atomic mass is 31.2. The maximum atomic E-state index is 12.6. The second kappa shape index (κ2) is 46.2. The van der Waals surface area contributed by atoms with Crippen LogP contribution in [0.4, 0.5) is 0 Å². The molecule has 2 atom stereocenters. The fourth-order valence-electron chi connectivity index (χ4n) is 5.71. The average Bonchev–Trinajstić information content (AvgIpc) is 3.25. The molecule has 0 bridgehead atoms. The molecule has 3 N–H and O–H groups in total. The highest BCUT2D eigenvalue weighted by molar-refractivity contribution is 7.47. The van der Waals surface area contributed by atoms with Gasteiger partial charge in [0.2, 0.25) is 0 Å². The fourth-order valence-corrected chi connectivity index (χ4v) is 6.48. The Morgan fingerprint density at radius 1 is 0.508 bits per heavy atom. The van der Waals surface area contributed by atoms with Crippen molar-refractivity contribution in [3.63, 3.8) is 0 Å². The molecule has 0 fully saturated rings. The molecule has 0 aromatic carbocycles. The quantitative estimate of drug-likeness (QED) is 0.0266. The summed E-state index contributed by atoms with van der Waals surface area (Å²) in [6.07, 6.45) is 61.2. The molecule has 0 aromatic heterocycles. The topological polar surface area (TPSA) is 134 Å². The van der Waals surface area contributed by atoms with Gasteiger partial charge >= 0.3 is 19.8 Å². The molecule has 346 valence electrons. The minimum absolute atomic E-state index is 0.0367. The van der Waals surface area contributed by atoms with Crippen molar-refractivity contribution in [3.05, 3.63) is 109 Å². The Kier molecular flexibility index (Phi) is 43.7. The number of carbonyl (C=O) groups excluding carboxylic acids is 2. The minimum Gasteiger partial charge on any atom is -0.462 e. The van der Waals surface area contributed by atoms with Crippen LogP contribution in [-0.4, -0.2) is 49.3 Å². The number of phosphoric ester groups is 1. The summed E-state index contributed by atoms with van der Waals surface area (Å²) in [5.41, 5.74) is 5.35. The first-order chi connectivity index (χ1) is 29.8. The maximum Gasteiger partial charge on any atom is 0.472 e. The van der Waals surface area contributed by atoms with Gasteiger partial charge in [0.25, 0.3) is 0 Å². The number of ether oxygens (including phenoxy) is 2. The third-order valence-electron chi connectivity index (χ3n) is 9.14. The summed E-state index contributed by atoms with van der Waals surface area (Å²) in [5, 5.41) is 0. The number of nitrogens with two attached hydrogens (primary N) is 1. The van der Waals surface area contributed by atoms with Crippen LogP contribution < -0.4 is 5.73 Å². The fraction of sp³-hybridized carbons (Fsp3) is 0.608. The van der Waals surface area contributed by atoms with Gasteiger partial charge in [0.05, 0.1) is 13.2 Å². The predicted octanol–water partition coefficient (Wildman–Crippen LogP) is 13.9. The van der Waals surface area contributed by atoms with Gasteiger partial charge in [0.15, 0.2) is 6.10 Å². The van der Waals surface area contributed by atoms with Crippen molar-refractivity contribution < 1.29 is 37.6 Å². The second-order valence-corrected chi connectivity index (χ2v) is 16.3. The normalized spacial score (nSPS) is 14.2. The van der Waals surface area contributed by atoms with Crippen molar-refractivity contribution in [3.8, 4) is 0 Å². The molecule has 0 saturated heterocycles. The van der Waals surface area contributed by atoms with E-state index in [1.165, 1.54) is 44.9 Å². The third-order valence-corrected chi connectivity index (χ3v) is 10.1. The molecule has 0 saturated carbocycles. The molecule has 0 aromatic rings. The Hall–Kier alpha value is -3.33. The van der Waals surface area contributed by atoms with Gasteiger partial charge in [0.1, 0.15) is 6.61 Å². The van der Waals surface area contributed by atoms with Crippen LogP contribution in [0.1, 0.15) is 168 Å². The van der Waals surface area contributed by atoms with Crippen molar-refractivity contribution in [2.24, 2.45) is 5.73 Å². The molecule has 0 aliphatic rings. The van der Waals surface area contributed by atoms with Crippen LogP contribution in [0.15, 0.2) is 109 Å². The number of carbonyl (C=O) groups is 2. The largest absolute Gasteiger partial charge is 0.472 e. The molecule has 2 unspecified atom stereocenters. The first-order valence-electron chi connectivity index (χ1n) is 23.4. The number of esters is 2. The van der Waals surface area contributed by atoms with E-state index in [1.807, 2.05) is 6.08 Å². The van der Waals surface area contributed by atoms with E-state index in [2.05, 4.69) is 117 Å². The first-order valence-corrected chi connectivity index (χ1v) is 24.9. The number of allylic oxidation sites excluding steroid dienone is 18. The monoisotopic (exact) mass is 870 g/mol. The lowest BCUT2D eigenvalue weighted by Crippen LogP contribution is -2.29. The third kappa shape index (κ3) is 46.0. The lowest BCUT2D eigenvalue weighted by Gasteiger charge is -2.19. The van der Waals surface area contributed by atoms with E-state index in [1.54, 1.807) is 0 Å². The van der Waals surface area contributed by atoms with Gasteiger partial charge in [-0.2, -0.15) is 0 Å². The number of hydrogen-bond acceptors (Lipinski definition) is 8. The Morgan fingerprint density at radius 3 is 1.39 bits per heavy atom. The summed E-state index contributed by atoms with van der Waals surface area (Å²) in [7, 11) is -4.41. The molecule has 0 aliphatic heterocycles.